The number of rotatable bonds is 2. The van der Waals surface area contributed by atoms with Crippen LogP contribution >= 0.6 is 11.3 Å². The van der Waals surface area contributed by atoms with Crippen LogP contribution in [0, 0.1) is 0 Å². The second-order valence-corrected chi connectivity index (χ2v) is 3.45. The second-order valence-electron chi connectivity index (χ2n) is 2.57. The first kappa shape index (κ1) is 7.55. The van der Waals surface area contributed by atoms with Gasteiger partial charge in [0.1, 0.15) is 0 Å². The topological polar surface area (TPSA) is 24.9 Å². The van der Waals surface area contributed by atoms with Crippen LogP contribution in [0.1, 0.15) is 6.92 Å². The summed E-state index contributed by atoms with van der Waals surface area (Å²) in [6, 6.07) is 6.27. The molecule has 0 bridgehead atoms. The molecule has 12 heavy (non-hydrogen) atoms. The minimum absolute atomic E-state index is 0.954. The highest BCUT2D eigenvalue weighted by molar-refractivity contribution is 7.16. The Morgan fingerprint density at radius 1 is 1.50 bits per heavy atom. The van der Waals surface area contributed by atoms with Crippen molar-refractivity contribution in [2.75, 3.05) is 11.9 Å². The van der Waals surface area contributed by atoms with Crippen LogP contribution in [0.25, 0.3) is 10.2 Å². The quantitative estimate of drug-likeness (QED) is 0.764. The summed E-state index contributed by atoms with van der Waals surface area (Å²) in [5, 5.41) is 3.25. The Bertz CT molecular complexity index is 381. The predicted molar refractivity (Wildman–Crippen MR) is 53.8 cm³/mol. The van der Waals surface area contributed by atoms with Crippen LogP contribution in [-0.4, -0.2) is 11.5 Å². The molecule has 0 unspecified atom stereocenters. The molecule has 62 valence electrons. The van der Waals surface area contributed by atoms with Crippen molar-refractivity contribution in [2.45, 2.75) is 6.92 Å². The monoisotopic (exact) mass is 178 g/mol. The maximum absolute atomic E-state index is 4.24. The van der Waals surface area contributed by atoms with Crippen molar-refractivity contribution in [3.05, 3.63) is 23.7 Å². The molecule has 1 aromatic heterocycles. The van der Waals surface area contributed by atoms with Gasteiger partial charge >= 0.3 is 0 Å². The third-order valence-corrected chi connectivity index (χ3v) is 2.52. The van der Waals surface area contributed by atoms with E-state index in [2.05, 4.69) is 35.4 Å². The largest absolute Gasteiger partial charge is 0.385 e. The van der Waals surface area contributed by atoms with Crippen LogP contribution in [0.15, 0.2) is 23.7 Å². The van der Waals surface area contributed by atoms with Gasteiger partial charge in [-0.3, -0.25) is 0 Å². The van der Waals surface area contributed by atoms with Gasteiger partial charge in [0.15, 0.2) is 0 Å². The van der Waals surface area contributed by atoms with E-state index < -0.39 is 0 Å². The Kier molecular flexibility index (Phi) is 1.96. The van der Waals surface area contributed by atoms with Gasteiger partial charge in [-0.05, 0) is 25.1 Å². The molecule has 1 heterocycles. The van der Waals surface area contributed by atoms with Crippen LogP contribution in [-0.2, 0) is 0 Å². The SMILES string of the molecule is CCNc1ccc2scnc2c1. The molecule has 0 atom stereocenters. The van der Waals surface area contributed by atoms with E-state index in [0.29, 0.717) is 0 Å². The molecule has 1 N–H and O–H groups in total. The van der Waals surface area contributed by atoms with E-state index in [0.717, 1.165) is 17.7 Å². The van der Waals surface area contributed by atoms with Crippen molar-refractivity contribution >= 4 is 27.2 Å². The maximum Gasteiger partial charge on any atom is 0.0832 e. The van der Waals surface area contributed by atoms with Gasteiger partial charge in [-0.15, -0.1) is 11.3 Å². The summed E-state index contributed by atoms with van der Waals surface area (Å²) in [5.74, 6) is 0. The number of fused-ring (bicyclic) bond motifs is 1. The van der Waals surface area contributed by atoms with E-state index >= 15 is 0 Å². The van der Waals surface area contributed by atoms with Gasteiger partial charge in [0.05, 0.1) is 15.7 Å². The highest BCUT2D eigenvalue weighted by atomic mass is 32.1. The van der Waals surface area contributed by atoms with Crippen molar-refractivity contribution in [3.63, 3.8) is 0 Å². The summed E-state index contributed by atoms with van der Waals surface area (Å²) < 4.78 is 1.25. The highest BCUT2D eigenvalue weighted by Crippen LogP contribution is 2.20. The Hall–Kier alpha value is -1.09. The normalized spacial score (nSPS) is 10.4. The predicted octanol–water partition coefficient (Wildman–Crippen LogP) is 2.73. The lowest BCUT2D eigenvalue weighted by Crippen LogP contribution is -1.95. The number of aromatic nitrogens is 1. The summed E-state index contributed by atoms with van der Waals surface area (Å²) in [5.41, 5.74) is 4.11. The maximum atomic E-state index is 4.24. The molecule has 0 saturated heterocycles. The van der Waals surface area contributed by atoms with Gasteiger partial charge < -0.3 is 5.32 Å². The molecule has 0 amide bonds. The van der Waals surface area contributed by atoms with Crippen molar-refractivity contribution in [1.29, 1.82) is 0 Å². The van der Waals surface area contributed by atoms with E-state index in [1.807, 2.05) is 5.51 Å². The number of anilines is 1. The molecule has 2 rings (SSSR count). The molecule has 0 aliphatic carbocycles. The Morgan fingerprint density at radius 3 is 3.25 bits per heavy atom. The summed E-state index contributed by atoms with van der Waals surface area (Å²) in [6.45, 7) is 3.04. The van der Waals surface area contributed by atoms with Gasteiger partial charge in [-0.2, -0.15) is 0 Å². The average molecular weight is 178 g/mol. The first-order chi connectivity index (χ1) is 5.90. The van der Waals surface area contributed by atoms with Crippen LogP contribution in [0.3, 0.4) is 0 Å². The minimum Gasteiger partial charge on any atom is -0.385 e. The molecule has 0 spiro atoms. The average Bonchev–Trinajstić information content (AvgIpc) is 2.51. The lowest BCUT2D eigenvalue weighted by Gasteiger charge is -2.00. The third-order valence-electron chi connectivity index (χ3n) is 1.71. The zero-order valence-corrected chi connectivity index (χ0v) is 7.69. The molecule has 3 heteroatoms. The molecule has 1 aromatic carbocycles. The smallest absolute Gasteiger partial charge is 0.0832 e. The fraction of sp³-hybridized carbons (Fsp3) is 0.222. The zero-order valence-electron chi connectivity index (χ0n) is 6.87. The Morgan fingerprint density at radius 2 is 2.42 bits per heavy atom. The number of benzene rings is 1. The van der Waals surface area contributed by atoms with Crippen LogP contribution < -0.4 is 5.32 Å². The summed E-state index contributed by atoms with van der Waals surface area (Å²) in [7, 11) is 0. The fourth-order valence-corrected chi connectivity index (χ4v) is 1.83. The van der Waals surface area contributed by atoms with Crippen molar-refractivity contribution in [2.24, 2.45) is 0 Å². The molecule has 2 aromatic rings. The molecular formula is C9H10N2S. The lowest BCUT2D eigenvalue weighted by atomic mass is 10.3. The van der Waals surface area contributed by atoms with Crippen molar-refractivity contribution in [1.82, 2.24) is 4.98 Å². The van der Waals surface area contributed by atoms with Crippen LogP contribution in [0.2, 0.25) is 0 Å². The van der Waals surface area contributed by atoms with E-state index in [4.69, 9.17) is 0 Å². The first-order valence-corrected chi connectivity index (χ1v) is 4.85. The van der Waals surface area contributed by atoms with E-state index in [9.17, 15) is 0 Å². The van der Waals surface area contributed by atoms with Gasteiger partial charge in [0.25, 0.3) is 0 Å². The molecule has 0 fully saturated rings. The Balaban J connectivity index is 2.46. The number of nitrogens with one attached hydrogen (secondary N) is 1. The van der Waals surface area contributed by atoms with E-state index in [-0.39, 0.29) is 0 Å². The molecule has 0 aliphatic rings. The first-order valence-electron chi connectivity index (χ1n) is 3.97. The van der Waals surface area contributed by atoms with Gasteiger partial charge in [0, 0.05) is 12.2 Å². The zero-order chi connectivity index (χ0) is 8.39. The van der Waals surface area contributed by atoms with Crippen LogP contribution in [0.4, 0.5) is 5.69 Å². The van der Waals surface area contributed by atoms with Gasteiger partial charge in [-0.1, -0.05) is 0 Å². The van der Waals surface area contributed by atoms with E-state index in [1.165, 1.54) is 4.70 Å². The number of thiazole rings is 1. The minimum atomic E-state index is 0.954. The lowest BCUT2D eigenvalue weighted by molar-refractivity contribution is 1.21. The molecule has 0 radical (unpaired) electrons. The van der Waals surface area contributed by atoms with Crippen molar-refractivity contribution < 1.29 is 0 Å². The van der Waals surface area contributed by atoms with Crippen LogP contribution in [0.5, 0.6) is 0 Å². The number of hydrogen-bond donors (Lipinski definition) is 1. The highest BCUT2D eigenvalue weighted by Gasteiger charge is 1.96. The molecule has 0 saturated carbocycles. The summed E-state index contributed by atoms with van der Waals surface area (Å²) in [6.07, 6.45) is 0. The van der Waals surface area contributed by atoms with Gasteiger partial charge in [-0.25, -0.2) is 4.98 Å². The van der Waals surface area contributed by atoms with Crippen molar-refractivity contribution in [3.8, 4) is 0 Å². The molecular weight excluding hydrogens is 168 g/mol. The third kappa shape index (κ3) is 1.28. The molecule has 0 aliphatic heterocycles. The summed E-state index contributed by atoms with van der Waals surface area (Å²) in [4.78, 5) is 4.24. The number of hydrogen-bond acceptors (Lipinski definition) is 3. The fourth-order valence-electron chi connectivity index (χ4n) is 1.17. The number of nitrogens with zero attached hydrogens (tertiary/aromatic N) is 1. The van der Waals surface area contributed by atoms with E-state index in [1.54, 1.807) is 11.3 Å². The molecule has 2 nitrogen and oxygen atoms in total. The standard InChI is InChI=1S/C9H10N2S/c1-2-10-7-3-4-9-8(5-7)11-6-12-9/h3-6,10H,2H2,1H3. The van der Waals surface area contributed by atoms with Gasteiger partial charge in [0.2, 0.25) is 0 Å². The summed E-state index contributed by atoms with van der Waals surface area (Å²) >= 11 is 1.68. The Labute approximate surface area is 75.3 Å². The second kappa shape index (κ2) is 3.11.